The Balaban J connectivity index is 1.53. The lowest BCUT2D eigenvalue weighted by molar-refractivity contribution is -0.137. The fourth-order valence-corrected chi connectivity index (χ4v) is 3.99. The van der Waals surface area contributed by atoms with Crippen LogP contribution in [0.25, 0.3) is 11.6 Å². The first-order valence-corrected chi connectivity index (χ1v) is 10.8. The smallest absolute Gasteiger partial charge is 0.310 e. The van der Waals surface area contributed by atoms with Crippen molar-refractivity contribution in [1.82, 2.24) is 34.3 Å². The van der Waals surface area contributed by atoms with E-state index in [1.54, 1.807) is 13.0 Å². The molecule has 4 aromatic heterocycles. The van der Waals surface area contributed by atoms with Crippen LogP contribution in [0, 0.1) is 20.8 Å². The third kappa shape index (κ3) is 4.93. The summed E-state index contributed by atoms with van der Waals surface area (Å²) in [7, 11) is 0. The number of nitrogens with zero attached hydrogens (tertiary/aromatic N) is 7. The topological polar surface area (TPSA) is 103 Å². The predicted molar refractivity (Wildman–Crippen MR) is 116 cm³/mol. The van der Waals surface area contributed by atoms with Gasteiger partial charge in [0.2, 0.25) is 5.91 Å². The quantitative estimate of drug-likeness (QED) is 0.416. The molecule has 1 N–H and O–H groups in total. The Morgan fingerprint density at radius 3 is 2.45 bits per heavy atom. The molecule has 9 nitrogen and oxygen atoms in total. The van der Waals surface area contributed by atoms with Gasteiger partial charge in [0.15, 0.2) is 10.8 Å². The number of fused-ring (bicyclic) bond motifs is 1. The zero-order chi connectivity index (χ0) is 23.9. The fraction of sp³-hybridized carbons (Fsp3) is 0.263. The highest BCUT2D eigenvalue weighted by atomic mass is 35.5. The molecule has 172 valence electrons. The number of alkyl halides is 3. The summed E-state index contributed by atoms with van der Waals surface area (Å²) in [6.07, 6.45) is -3.74. The van der Waals surface area contributed by atoms with Crippen molar-refractivity contribution in [3.8, 4) is 5.95 Å². The maximum Gasteiger partial charge on any atom is 0.417 e. The highest BCUT2D eigenvalue weighted by molar-refractivity contribution is 7.99. The normalized spacial score (nSPS) is 11.8. The van der Waals surface area contributed by atoms with Gasteiger partial charge in [0.05, 0.1) is 22.0 Å². The van der Waals surface area contributed by atoms with Gasteiger partial charge in [-0.05, 0) is 32.9 Å². The summed E-state index contributed by atoms with van der Waals surface area (Å²) in [6.45, 7) is 5.40. The van der Waals surface area contributed by atoms with Gasteiger partial charge in [-0.25, -0.2) is 9.97 Å². The summed E-state index contributed by atoms with van der Waals surface area (Å²) in [5.74, 6) is 0.0883. The first-order valence-electron chi connectivity index (χ1n) is 9.45. The lowest BCUT2D eigenvalue weighted by Crippen LogP contribution is -2.18. The van der Waals surface area contributed by atoms with Gasteiger partial charge in [-0.15, -0.1) is 10.2 Å². The first-order chi connectivity index (χ1) is 15.5. The molecule has 0 aliphatic carbocycles. The number of pyridine rings is 1. The average Bonchev–Trinajstić information content (AvgIpc) is 3.28. The van der Waals surface area contributed by atoms with Crippen LogP contribution in [-0.4, -0.2) is 46.0 Å². The van der Waals surface area contributed by atoms with E-state index < -0.39 is 17.6 Å². The van der Waals surface area contributed by atoms with Crippen LogP contribution in [0.1, 0.15) is 22.6 Å². The third-order valence-corrected chi connectivity index (χ3v) is 5.57. The van der Waals surface area contributed by atoms with E-state index in [0.29, 0.717) is 17.5 Å². The van der Waals surface area contributed by atoms with E-state index in [1.807, 2.05) is 19.9 Å². The van der Waals surface area contributed by atoms with Crippen molar-refractivity contribution < 1.29 is 18.0 Å². The Morgan fingerprint density at radius 2 is 1.79 bits per heavy atom. The van der Waals surface area contributed by atoms with Crippen LogP contribution in [0.5, 0.6) is 0 Å². The molecule has 0 radical (unpaired) electrons. The van der Waals surface area contributed by atoms with E-state index in [4.69, 9.17) is 11.6 Å². The second-order valence-electron chi connectivity index (χ2n) is 7.12. The summed E-state index contributed by atoms with van der Waals surface area (Å²) in [6, 6.07) is 4.25. The summed E-state index contributed by atoms with van der Waals surface area (Å²) >= 11 is 6.83. The molecule has 4 rings (SSSR count). The molecule has 0 spiro atoms. The Bertz CT molecular complexity index is 1350. The fourth-order valence-electron chi connectivity index (χ4n) is 3.04. The molecule has 0 aromatic carbocycles. The molecule has 0 unspecified atom stereocenters. The minimum absolute atomic E-state index is 0.0632. The number of aryl methyl sites for hydroxylation is 3. The number of hydrogen-bond donors (Lipinski definition) is 1. The molecule has 0 fully saturated rings. The van der Waals surface area contributed by atoms with Gasteiger partial charge in [-0.1, -0.05) is 23.4 Å². The van der Waals surface area contributed by atoms with Crippen LogP contribution >= 0.6 is 23.4 Å². The van der Waals surface area contributed by atoms with E-state index >= 15 is 0 Å². The number of halogens is 4. The number of rotatable bonds is 5. The zero-order valence-electron chi connectivity index (χ0n) is 17.5. The molecule has 0 bridgehead atoms. The van der Waals surface area contributed by atoms with E-state index in [1.165, 1.54) is 4.68 Å². The van der Waals surface area contributed by atoms with Gasteiger partial charge in [0.25, 0.3) is 5.95 Å². The molecule has 0 saturated heterocycles. The van der Waals surface area contributed by atoms with Gasteiger partial charge in [-0.2, -0.15) is 23.0 Å². The number of carbonyl (C=O) groups is 1. The van der Waals surface area contributed by atoms with Crippen molar-refractivity contribution in [3.05, 3.63) is 52.1 Å². The molecule has 0 aliphatic rings. The second-order valence-corrected chi connectivity index (χ2v) is 8.47. The molecular formula is C19H16ClF3N8OS. The number of thioether (sulfide) groups is 1. The van der Waals surface area contributed by atoms with Crippen molar-refractivity contribution >= 4 is 40.7 Å². The van der Waals surface area contributed by atoms with Crippen LogP contribution in [0.4, 0.5) is 19.0 Å². The Kier molecular flexibility index (Phi) is 6.01. The molecular weight excluding hydrogens is 481 g/mol. The zero-order valence-corrected chi connectivity index (χ0v) is 19.0. The second kappa shape index (κ2) is 8.63. The van der Waals surface area contributed by atoms with Gasteiger partial charge in [0.1, 0.15) is 5.82 Å². The Morgan fingerprint density at radius 1 is 1.09 bits per heavy atom. The molecule has 4 heterocycles. The van der Waals surface area contributed by atoms with Crippen molar-refractivity contribution in [2.75, 3.05) is 11.1 Å². The van der Waals surface area contributed by atoms with Crippen molar-refractivity contribution in [2.24, 2.45) is 0 Å². The van der Waals surface area contributed by atoms with Crippen LogP contribution in [0.2, 0.25) is 5.02 Å². The Labute approximate surface area is 194 Å². The van der Waals surface area contributed by atoms with Gasteiger partial charge in [0, 0.05) is 23.7 Å². The SMILES string of the molecule is Cc1cc(C)nc(-n2nc(C)cc2NC(=O)CSc2nnc3c(Cl)cc(C(F)(F)F)cn23)n1. The van der Waals surface area contributed by atoms with Crippen LogP contribution in [0.15, 0.2) is 29.6 Å². The predicted octanol–water partition coefficient (Wildman–Crippen LogP) is 4.03. The van der Waals surface area contributed by atoms with E-state index in [0.717, 1.165) is 39.8 Å². The van der Waals surface area contributed by atoms with Gasteiger partial charge in [-0.3, -0.25) is 9.20 Å². The Hall–Kier alpha value is -3.19. The maximum absolute atomic E-state index is 13.1. The number of carbonyl (C=O) groups excluding carboxylic acids is 1. The number of anilines is 1. The molecule has 0 aliphatic heterocycles. The average molecular weight is 497 g/mol. The van der Waals surface area contributed by atoms with Gasteiger partial charge >= 0.3 is 6.18 Å². The monoisotopic (exact) mass is 496 g/mol. The molecule has 1 amide bonds. The molecule has 0 atom stereocenters. The maximum atomic E-state index is 13.1. The molecule has 14 heteroatoms. The van der Waals surface area contributed by atoms with E-state index in [2.05, 4.69) is 30.6 Å². The minimum Gasteiger partial charge on any atom is -0.310 e. The van der Waals surface area contributed by atoms with Crippen LogP contribution < -0.4 is 5.32 Å². The van der Waals surface area contributed by atoms with Gasteiger partial charge < -0.3 is 5.32 Å². The van der Waals surface area contributed by atoms with Crippen LogP contribution in [0.3, 0.4) is 0 Å². The van der Waals surface area contributed by atoms with E-state index in [9.17, 15) is 18.0 Å². The lowest BCUT2D eigenvalue weighted by atomic mass is 10.3. The number of hydrogen-bond acceptors (Lipinski definition) is 7. The standard InChI is InChI=1S/C19H16ClF3N8OS/c1-9-4-10(2)25-17(24-9)31-14(5-11(3)29-31)26-15(32)8-33-18-28-27-16-13(20)6-12(7-30(16)18)19(21,22)23/h4-7H,8H2,1-3H3,(H,26,32). The molecule has 0 saturated carbocycles. The van der Waals surface area contributed by atoms with Crippen molar-refractivity contribution in [1.29, 1.82) is 0 Å². The summed E-state index contributed by atoms with van der Waals surface area (Å²) in [5, 5.41) is 14.6. The third-order valence-electron chi connectivity index (χ3n) is 4.35. The summed E-state index contributed by atoms with van der Waals surface area (Å²) < 4.78 is 41.9. The van der Waals surface area contributed by atoms with E-state index in [-0.39, 0.29) is 21.6 Å². The summed E-state index contributed by atoms with van der Waals surface area (Å²) in [5.41, 5.74) is 1.24. The minimum atomic E-state index is -4.59. The lowest BCUT2D eigenvalue weighted by Gasteiger charge is -2.09. The number of nitrogens with one attached hydrogen (secondary N) is 1. The first kappa shape index (κ1) is 23.0. The largest absolute Gasteiger partial charge is 0.417 e. The van der Waals surface area contributed by atoms with Crippen LogP contribution in [-0.2, 0) is 11.0 Å². The molecule has 33 heavy (non-hydrogen) atoms. The summed E-state index contributed by atoms with van der Waals surface area (Å²) in [4.78, 5) is 21.3. The highest BCUT2D eigenvalue weighted by Crippen LogP contribution is 2.33. The van der Waals surface area contributed by atoms with Crippen molar-refractivity contribution in [3.63, 3.8) is 0 Å². The van der Waals surface area contributed by atoms with Crippen molar-refractivity contribution in [2.45, 2.75) is 32.1 Å². The molecule has 4 aromatic rings. The number of aromatic nitrogens is 7. The highest BCUT2D eigenvalue weighted by Gasteiger charge is 2.32. The number of amides is 1.